The molecule has 2 aromatic carbocycles. The Balaban J connectivity index is 2.67. The number of esters is 1. The molecule has 0 aliphatic rings. The first-order chi connectivity index (χ1) is 10.4. The van der Waals surface area contributed by atoms with Gasteiger partial charge < -0.3 is 4.74 Å². The van der Waals surface area contributed by atoms with E-state index in [0.717, 1.165) is 15.8 Å². The summed E-state index contributed by atoms with van der Waals surface area (Å²) >= 11 is 1.43. The molecule has 0 unspecified atom stereocenters. The lowest BCUT2D eigenvalue weighted by Crippen LogP contribution is -2.05. The number of hydrogen-bond donors (Lipinski definition) is 0. The fourth-order valence-corrected chi connectivity index (χ4v) is 3.01. The number of nitrogens with zero attached hydrogens (tertiary/aromatic N) is 1. The van der Waals surface area contributed by atoms with E-state index in [2.05, 4.69) is 0 Å². The molecule has 2 rings (SSSR count). The molecule has 0 amide bonds. The quantitative estimate of drug-likeness (QED) is 0.480. The van der Waals surface area contributed by atoms with E-state index < -0.39 is 11.8 Å². The average molecular weight is 321 g/mol. The Morgan fingerprint density at radius 1 is 1.32 bits per heavy atom. The smallest absolute Gasteiger partial charge is 0.302 e. The molecule has 116 valence electrons. The SMILES string of the molecule is CC(=O)OCc1cc(C=O)c2cc(F)ccc2c1SN(C)C. The minimum atomic E-state index is -0.399. The zero-order valence-corrected chi connectivity index (χ0v) is 13.4. The Morgan fingerprint density at radius 3 is 2.64 bits per heavy atom. The highest BCUT2D eigenvalue weighted by molar-refractivity contribution is 7.97. The summed E-state index contributed by atoms with van der Waals surface area (Å²) in [5.74, 6) is -0.795. The lowest BCUT2D eigenvalue weighted by molar-refractivity contribution is -0.142. The molecule has 22 heavy (non-hydrogen) atoms. The van der Waals surface area contributed by atoms with E-state index >= 15 is 0 Å². The van der Waals surface area contributed by atoms with Crippen molar-refractivity contribution in [2.24, 2.45) is 0 Å². The second-order valence-electron chi connectivity index (χ2n) is 4.95. The third kappa shape index (κ3) is 3.64. The number of ether oxygens (including phenoxy) is 1. The Labute approximate surface area is 132 Å². The van der Waals surface area contributed by atoms with Crippen molar-refractivity contribution in [3.8, 4) is 0 Å². The predicted octanol–water partition coefficient (Wildman–Crippen LogP) is 3.42. The van der Waals surface area contributed by atoms with Crippen LogP contribution in [0.4, 0.5) is 4.39 Å². The summed E-state index contributed by atoms with van der Waals surface area (Å²) in [6, 6.07) is 5.98. The number of carbonyl (C=O) groups excluding carboxylic acids is 2. The van der Waals surface area contributed by atoms with E-state index in [-0.39, 0.29) is 6.61 Å². The van der Waals surface area contributed by atoms with Gasteiger partial charge in [0.15, 0.2) is 6.29 Å². The van der Waals surface area contributed by atoms with Gasteiger partial charge >= 0.3 is 5.97 Å². The fraction of sp³-hybridized carbons (Fsp3) is 0.250. The molecule has 0 saturated carbocycles. The maximum atomic E-state index is 13.5. The Hall–Kier alpha value is -1.92. The number of benzene rings is 2. The van der Waals surface area contributed by atoms with Crippen molar-refractivity contribution in [1.29, 1.82) is 0 Å². The Bertz CT molecular complexity index is 731. The van der Waals surface area contributed by atoms with E-state index in [1.807, 2.05) is 18.4 Å². The van der Waals surface area contributed by atoms with Gasteiger partial charge in [-0.05, 0) is 55.0 Å². The first-order valence-corrected chi connectivity index (χ1v) is 7.38. The van der Waals surface area contributed by atoms with Gasteiger partial charge in [0.1, 0.15) is 12.4 Å². The van der Waals surface area contributed by atoms with Crippen molar-refractivity contribution in [3.05, 3.63) is 41.2 Å². The monoisotopic (exact) mass is 321 g/mol. The molecule has 0 heterocycles. The van der Waals surface area contributed by atoms with Crippen molar-refractivity contribution < 1.29 is 18.7 Å². The molecule has 2 aromatic rings. The van der Waals surface area contributed by atoms with Gasteiger partial charge in [0.05, 0.1) is 0 Å². The molecule has 0 atom stereocenters. The first kappa shape index (κ1) is 16.5. The normalized spacial score (nSPS) is 11.0. The van der Waals surface area contributed by atoms with Crippen LogP contribution >= 0.6 is 11.9 Å². The van der Waals surface area contributed by atoms with Crippen LogP contribution in [0.25, 0.3) is 10.8 Å². The average Bonchev–Trinajstić information content (AvgIpc) is 2.45. The van der Waals surface area contributed by atoms with Crippen LogP contribution in [0, 0.1) is 5.82 Å². The van der Waals surface area contributed by atoms with Crippen LogP contribution in [0.1, 0.15) is 22.8 Å². The van der Waals surface area contributed by atoms with Crippen molar-refractivity contribution in [3.63, 3.8) is 0 Å². The number of halogens is 1. The molecule has 0 aromatic heterocycles. The molecule has 0 fully saturated rings. The van der Waals surface area contributed by atoms with E-state index in [9.17, 15) is 14.0 Å². The van der Waals surface area contributed by atoms with E-state index in [4.69, 9.17) is 4.74 Å². The van der Waals surface area contributed by atoms with Gasteiger partial charge in [-0.1, -0.05) is 6.07 Å². The summed E-state index contributed by atoms with van der Waals surface area (Å²) < 4.78 is 20.4. The van der Waals surface area contributed by atoms with E-state index in [1.54, 1.807) is 12.1 Å². The fourth-order valence-electron chi connectivity index (χ4n) is 2.13. The van der Waals surface area contributed by atoms with Crippen LogP contribution in [0.3, 0.4) is 0 Å². The number of hydrogen-bond acceptors (Lipinski definition) is 5. The van der Waals surface area contributed by atoms with Gasteiger partial charge in [-0.3, -0.25) is 13.9 Å². The van der Waals surface area contributed by atoms with Crippen molar-refractivity contribution in [1.82, 2.24) is 4.31 Å². The van der Waals surface area contributed by atoms with E-state index in [0.29, 0.717) is 17.2 Å². The summed E-state index contributed by atoms with van der Waals surface area (Å²) in [5, 5.41) is 1.30. The van der Waals surface area contributed by atoms with Crippen LogP contribution < -0.4 is 0 Å². The second-order valence-corrected chi connectivity index (χ2v) is 6.27. The number of fused-ring (bicyclic) bond motifs is 1. The van der Waals surface area contributed by atoms with Crippen LogP contribution in [-0.2, 0) is 16.1 Å². The highest BCUT2D eigenvalue weighted by atomic mass is 32.2. The van der Waals surface area contributed by atoms with Crippen LogP contribution in [0.15, 0.2) is 29.2 Å². The zero-order valence-electron chi connectivity index (χ0n) is 12.6. The molecule has 0 aliphatic carbocycles. The van der Waals surface area contributed by atoms with Gasteiger partial charge in [-0.15, -0.1) is 0 Å². The van der Waals surface area contributed by atoms with Crippen LogP contribution in [0.5, 0.6) is 0 Å². The van der Waals surface area contributed by atoms with E-state index in [1.165, 1.54) is 31.0 Å². The first-order valence-electron chi connectivity index (χ1n) is 6.61. The van der Waals surface area contributed by atoms with Crippen LogP contribution in [0.2, 0.25) is 0 Å². The highest BCUT2D eigenvalue weighted by Crippen LogP contribution is 2.35. The predicted molar refractivity (Wildman–Crippen MR) is 84.3 cm³/mol. The number of aldehydes is 1. The molecular weight excluding hydrogens is 305 g/mol. The summed E-state index contributed by atoms with van der Waals surface area (Å²) in [7, 11) is 3.76. The molecule has 0 aliphatic heterocycles. The summed E-state index contributed by atoms with van der Waals surface area (Å²) in [4.78, 5) is 23.2. The van der Waals surface area contributed by atoms with Gasteiger partial charge in [0, 0.05) is 22.9 Å². The topological polar surface area (TPSA) is 46.6 Å². The molecule has 0 radical (unpaired) electrons. The van der Waals surface area contributed by atoms with Gasteiger partial charge in [-0.25, -0.2) is 4.39 Å². The molecule has 4 nitrogen and oxygen atoms in total. The van der Waals surface area contributed by atoms with Crippen molar-refractivity contribution >= 4 is 35.0 Å². The Kier molecular flexibility index (Phi) is 5.15. The van der Waals surface area contributed by atoms with Gasteiger partial charge in [0.25, 0.3) is 0 Å². The lowest BCUT2D eigenvalue weighted by Gasteiger charge is -2.17. The molecule has 0 spiro atoms. The minimum absolute atomic E-state index is 0.0691. The zero-order chi connectivity index (χ0) is 16.3. The van der Waals surface area contributed by atoms with Gasteiger partial charge in [0.2, 0.25) is 0 Å². The molecule has 0 bridgehead atoms. The minimum Gasteiger partial charge on any atom is -0.461 e. The summed E-state index contributed by atoms with van der Waals surface area (Å²) in [6.45, 7) is 1.40. The standard InChI is InChI=1S/C16H16FNO3S/c1-10(20)21-9-12-6-11(8-19)15-7-13(17)4-5-14(15)16(12)22-18(2)3/h4-8H,9H2,1-3H3. The molecular formula is C16H16FNO3S. The van der Waals surface area contributed by atoms with Crippen molar-refractivity contribution in [2.75, 3.05) is 14.1 Å². The highest BCUT2D eigenvalue weighted by Gasteiger charge is 2.15. The maximum Gasteiger partial charge on any atom is 0.302 e. The maximum absolute atomic E-state index is 13.5. The number of carbonyl (C=O) groups is 2. The van der Waals surface area contributed by atoms with Crippen LogP contribution in [-0.4, -0.2) is 30.7 Å². The third-order valence-corrected chi connectivity index (χ3v) is 4.02. The summed E-state index contributed by atoms with van der Waals surface area (Å²) in [5.41, 5.74) is 1.09. The lowest BCUT2D eigenvalue weighted by atomic mass is 10.0. The molecule has 0 saturated heterocycles. The Morgan fingerprint density at radius 2 is 2.05 bits per heavy atom. The van der Waals surface area contributed by atoms with Crippen molar-refractivity contribution in [2.45, 2.75) is 18.4 Å². The summed E-state index contributed by atoms with van der Waals surface area (Å²) in [6.07, 6.45) is 0.684. The van der Waals surface area contributed by atoms with Gasteiger partial charge in [-0.2, -0.15) is 0 Å². The second kappa shape index (κ2) is 6.89. The number of rotatable bonds is 5. The third-order valence-electron chi connectivity index (χ3n) is 2.99. The largest absolute Gasteiger partial charge is 0.461 e. The molecule has 6 heteroatoms. The molecule has 0 N–H and O–H groups in total.